The molecular formula is C23H19F3N4O3S. The largest absolute Gasteiger partial charge is 0.416 e. The van der Waals surface area contributed by atoms with Crippen molar-refractivity contribution in [2.45, 2.75) is 6.18 Å². The fourth-order valence-electron chi connectivity index (χ4n) is 3.84. The number of nitro benzene ring substituents is 1. The van der Waals surface area contributed by atoms with Gasteiger partial charge in [-0.2, -0.15) is 13.2 Å². The minimum Gasteiger partial charge on any atom is -0.362 e. The summed E-state index contributed by atoms with van der Waals surface area (Å²) in [6, 6.07) is 15.5. The van der Waals surface area contributed by atoms with E-state index in [-0.39, 0.29) is 29.8 Å². The molecule has 0 radical (unpaired) electrons. The van der Waals surface area contributed by atoms with E-state index in [1.54, 1.807) is 21.9 Å². The summed E-state index contributed by atoms with van der Waals surface area (Å²) >= 11 is 5.37. The van der Waals surface area contributed by atoms with E-state index in [0.29, 0.717) is 24.7 Å². The van der Waals surface area contributed by atoms with E-state index >= 15 is 0 Å². The van der Waals surface area contributed by atoms with E-state index in [0.717, 1.165) is 22.9 Å². The van der Waals surface area contributed by atoms with Gasteiger partial charge >= 0.3 is 6.18 Å². The molecule has 1 amide bonds. The van der Waals surface area contributed by atoms with Crippen LogP contribution in [-0.4, -0.2) is 47.0 Å². The Hall–Kier alpha value is -3.73. The maximum atomic E-state index is 13.0. The number of halogens is 3. The van der Waals surface area contributed by atoms with Crippen molar-refractivity contribution in [1.82, 2.24) is 10.2 Å². The zero-order valence-corrected chi connectivity index (χ0v) is 18.5. The molecule has 34 heavy (non-hydrogen) atoms. The van der Waals surface area contributed by atoms with Crippen molar-refractivity contribution in [3.8, 4) is 0 Å². The number of alkyl halides is 3. The van der Waals surface area contributed by atoms with Crippen LogP contribution in [0.3, 0.4) is 0 Å². The summed E-state index contributed by atoms with van der Waals surface area (Å²) in [7, 11) is 0. The number of amides is 1. The first-order valence-electron chi connectivity index (χ1n) is 10.3. The van der Waals surface area contributed by atoms with E-state index < -0.39 is 22.4 Å². The van der Waals surface area contributed by atoms with Crippen molar-refractivity contribution in [3.63, 3.8) is 0 Å². The van der Waals surface area contributed by atoms with Crippen LogP contribution in [0.5, 0.6) is 0 Å². The smallest absolute Gasteiger partial charge is 0.362 e. The molecule has 0 aromatic heterocycles. The van der Waals surface area contributed by atoms with Gasteiger partial charge in [0.2, 0.25) is 0 Å². The van der Waals surface area contributed by atoms with Gasteiger partial charge in [0.25, 0.3) is 11.6 Å². The molecule has 0 spiro atoms. The number of nitrogens with zero attached hydrogens (tertiary/aromatic N) is 3. The number of hydrogen-bond acceptors (Lipinski definition) is 5. The molecule has 1 fully saturated rings. The van der Waals surface area contributed by atoms with Crippen LogP contribution in [0.4, 0.5) is 24.5 Å². The summed E-state index contributed by atoms with van der Waals surface area (Å²) in [4.78, 5) is 26.6. The lowest BCUT2D eigenvalue weighted by Crippen LogP contribution is -2.52. The minimum absolute atomic E-state index is 0.115. The third-order valence-corrected chi connectivity index (χ3v) is 6.00. The van der Waals surface area contributed by atoms with Crippen LogP contribution in [0.25, 0.3) is 10.8 Å². The van der Waals surface area contributed by atoms with Crippen molar-refractivity contribution < 1.29 is 22.9 Å². The molecule has 0 bridgehead atoms. The van der Waals surface area contributed by atoms with Gasteiger partial charge < -0.3 is 9.80 Å². The van der Waals surface area contributed by atoms with Gasteiger partial charge in [0.05, 0.1) is 10.5 Å². The summed E-state index contributed by atoms with van der Waals surface area (Å²) in [5, 5.41) is 16.2. The standard InChI is InChI=1S/C23H19F3N4O3S/c24-23(25,26)18-7-8-19(20(14-18)30(32)33)28-9-11-29(12-10-28)22(34)27-21(31)17-6-5-15-3-1-2-4-16(15)13-17/h1-8,13-14H,9-12H2,(H,27,31,34). The van der Waals surface area contributed by atoms with E-state index in [2.05, 4.69) is 5.32 Å². The third kappa shape index (κ3) is 4.93. The first-order valence-corrected chi connectivity index (χ1v) is 10.7. The average Bonchev–Trinajstić information content (AvgIpc) is 2.82. The molecule has 7 nitrogen and oxygen atoms in total. The molecule has 1 saturated heterocycles. The van der Waals surface area contributed by atoms with Crippen LogP contribution in [0.2, 0.25) is 0 Å². The number of thiocarbonyl (C=S) groups is 1. The lowest BCUT2D eigenvalue weighted by Gasteiger charge is -2.37. The second-order valence-corrected chi connectivity index (χ2v) is 8.14. The second kappa shape index (κ2) is 9.26. The van der Waals surface area contributed by atoms with E-state index in [1.807, 2.05) is 30.3 Å². The lowest BCUT2D eigenvalue weighted by molar-refractivity contribution is -0.384. The molecule has 0 aliphatic carbocycles. The number of nitro groups is 1. The highest BCUT2D eigenvalue weighted by Gasteiger charge is 2.34. The number of anilines is 1. The molecule has 3 aromatic rings. The number of rotatable bonds is 3. The highest BCUT2D eigenvalue weighted by atomic mass is 32.1. The van der Waals surface area contributed by atoms with Gasteiger partial charge in [-0.3, -0.25) is 20.2 Å². The van der Waals surface area contributed by atoms with E-state index in [1.165, 1.54) is 0 Å². The molecule has 1 aliphatic rings. The predicted octanol–water partition coefficient (Wildman–Crippen LogP) is 4.60. The SMILES string of the molecule is O=C(NC(=S)N1CCN(c2ccc(C(F)(F)F)cc2[N+](=O)[O-])CC1)c1ccc2ccccc2c1. The van der Waals surface area contributed by atoms with Gasteiger partial charge in [-0.1, -0.05) is 30.3 Å². The van der Waals surface area contributed by atoms with Gasteiger partial charge in [-0.25, -0.2) is 0 Å². The van der Waals surface area contributed by atoms with Crippen LogP contribution in [0.1, 0.15) is 15.9 Å². The summed E-state index contributed by atoms with van der Waals surface area (Å²) < 4.78 is 38.9. The summed E-state index contributed by atoms with van der Waals surface area (Å²) in [5.74, 6) is -0.350. The molecule has 1 heterocycles. The number of nitrogens with one attached hydrogen (secondary N) is 1. The number of piperazine rings is 1. The van der Waals surface area contributed by atoms with Crippen LogP contribution in [0.15, 0.2) is 60.7 Å². The monoisotopic (exact) mass is 488 g/mol. The van der Waals surface area contributed by atoms with Crippen molar-refractivity contribution in [2.75, 3.05) is 31.1 Å². The van der Waals surface area contributed by atoms with Gasteiger partial charge in [-0.05, 0) is 47.3 Å². The Balaban J connectivity index is 1.41. The number of hydrogen-bond donors (Lipinski definition) is 1. The fraction of sp³-hybridized carbons (Fsp3) is 0.217. The maximum Gasteiger partial charge on any atom is 0.416 e. The quantitative estimate of drug-likeness (QED) is 0.330. The van der Waals surface area contributed by atoms with Gasteiger partial charge in [0.1, 0.15) is 5.69 Å². The molecular weight excluding hydrogens is 469 g/mol. The van der Waals surface area contributed by atoms with E-state index in [4.69, 9.17) is 12.2 Å². The molecule has 1 aliphatic heterocycles. The minimum atomic E-state index is -4.67. The Kier molecular flexibility index (Phi) is 6.38. The van der Waals surface area contributed by atoms with Gasteiger partial charge in [0.15, 0.2) is 5.11 Å². The Labute approximate surface area is 197 Å². The predicted molar refractivity (Wildman–Crippen MR) is 126 cm³/mol. The summed E-state index contributed by atoms with van der Waals surface area (Å²) in [6.45, 7) is 1.26. The third-order valence-electron chi connectivity index (χ3n) is 5.64. The van der Waals surface area contributed by atoms with Crippen LogP contribution in [-0.2, 0) is 6.18 Å². The molecule has 0 atom stereocenters. The highest BCUT2D eigenvalue weighted by molar-refractivity contribution is 7.80. The van der Waals surface area contributed by atoms with E-state index in [9.17, 15) is 28.1 Å². The van der Waals surface area contributed by atoms with Crippen molar-refractivity contribution in [3.05, 3.63) is 81.9 Å². The zero-order valence-electron chi connectivity index (χ0n) is 17.7. The average molecular weight is 488 g/mol. The number of carbonyl (C=O) groups is 1. The molecule has 0 saturated carbocycles. The molecule has 11 heteroatoms. The Morgan fingerprint density at radius 3 is 2.29 bits per heavy atom. The van der Waals surface area contributed by atoms with Crippen LogP contribution >= 0.6 is 12.2 Å². The molecule has 4 rings (SSSR count). The van der Waals surface area contributed by atoms with Crippen molar-refractivity contribution >= 4 is 45.4 Å². The molecule has 0 unspecified atom stereocenters. The van der Waals surface area contributed by atoms with Crippen LogP contribution < -0.4 is 10.2 Å². The Morgan fingerprint density at radius 1 is 0.971 bits per heavy atom. The van der Waals surface area contributed by atoms with Crippen LogP contribution in [0, 0.1) is 10.1 Å². The number of fused-ring (bicyclic) bond motifs is 1. The number of carbonyl (C=O) groups excluding carboxylic acids is 1. The fourth-order valence-corrected chi connectivity index (χ4v) is 4.12. The highest BCUT2D eigenvalue weighted by Crippen LogP contribution is 2.36. The second-order valence-electron chi connectivity index (χ2n) is 7.75. The Bertz CT molecular complexity index is 1270. The molecule has 1 N–H and O–H groups in total. The number of benzene rings is 3. The lowest BCUT2D eigenvalue weighted by atomic mass is 10.1. The zero-order chi connectivity index (χ0) is 24.5. The van der Waals surface area contributed by atoms with Gasteiger partial charge in [-0.15, -0.1) is 0 Å². The molecule has 176 valence electrons. The topological polar surface area (TPSA) is 78.7 Å². The first-order chi connectivity index (χ1) is 16.1. The molecule has 3 aromatic carbocycles. The van der Waals surface area contributed by atoms with Gasteiger partial charge in [0, 0.05) is 37.8 Å². The summed E-state index contributed by atoms with van der Waals surface area (Å²) in [5.41, 5.74) is -1.10. The maximum absolute atomic E-state index is 13.0. The van der Waals surface area contributed by atoms with Crippen molar-refractivity contribution in [2.24, 2.45) is 0 Å². The normalized spacial score (nSPS) is 14.2. The Morgan fingerprint density at radius 2 is 1.65 bits per heavy atom. The summed E-state index contributed by atoms with van der Waals surface area (Å²) in [6.07, 6.45) is -4.67. The first kappa shape index (κ1) is 23.4. The van der Waals surface area contributed by atoms with Crippen molar-refractivity contribution in [1.29, 1.82) is 0 Å².